The number of fused-ring (bicyclic) bond motifs is 1. The van der Waals surface area contributed by atoms with Crippen LogP contribution >= 0.6 is 0 Å². The molecule has 3 aromatic heterocycles. The number of anilines is 1. The van der Waals surface area contributed by atoms with E-state index in [0.717, 1.165) is 37.3 Å². The van der Waals surface area contributed by atoms with Crippen molar-refractivity contribution in [1.82, 2.24) is 19.4 Å². The van der Waals surface area contributed by atoms with Crippen molar-refractivity contribution < 1.29 is 4.74 Å². The molecule has 0 amide bonds. The van der Waals surface area contributed by atoms with Crippen molar-refractivity contribution in [3.63, 3.8) is 0 Å². The third kappa shape index (κ3) is 3.17. The van der Waals surface area contributed by atoms with Crippen LogP contribution in [0.25, 0.3) is 5.65 Å². The van der Waals surface area contributed by atoms with Gasteiger partial charge in [-0.25, -0.2) is 9.97 Å². The van der Waals surface area contributed by atoms with Crippen LogP contribution in [-0.4, -0.2) is 38.5 Å². The lowest BCUT2D eigenvalue weighted by atomic mass is 10.1. The molecule has 0 N–H and O–H groups in total. The van der Waals surface area contributed by atoms with Gasteiger partial charge in [0, 0.05) is 50.6 Å². The van der Waals surface area contributed by atoms with Gasteiger partial charge in [-0.1, -0.05) is 6.07 Å². The Bertz CT molecular complexity index is 933. The van der Waals surface area contributed by atoms with Crippen LogP contribution in [0.15, 0.2) is 47.8 Å². The Morgan fingerprint density at radius 3 is 2.84 bits per heavy atom. The van der Waals surface area contributed by atoms with Gasteiger partial charge in [-0.2, -0.15) is 0 Å². The molecule has 0 atom stereocenters. The van der Waals surface area contributed by atoms with Crippen molar-refractivity contribution >= 4 is 11.5 Å². The van der Waals surface area contributed by atoms with Crippen molar-refractivity contribution in [2.45, 2.75) is 25.9 Å². The summed E-state index contributed by atoms with van der Waals surface area (Å²) in [5.41, 5.74) is 1.65. The molecule has 0 bridgehead atoms. The summed E-state index contributed by atoms with van der Waals surface area (Å²) in [6.07, 6.45) is 8.44. The van der Waals surface area contributed by atoms with Crippen LogP contribution in [-0.2, 0) is 0 Å². The molecule has 4 rings (SSSR count). The number of hydrogen-bond donors (Lipinski definition) is 0. The van der Waals surface area contributed by atoms with Crippen LogP contribution < -0.4 is 15.2 Å². The first-order valence-electron chi connectivity index (χ1n) is 8.37. The van der Waals surface area contributed by atoms with Gasteiger partial charge in [0.1, 0.15) is 17.6 Å². The first-order valence-corrected chi connectivity index (χ1v) is 8.37. The number of ether oxygens (including phenoxy) is 1. The van der Waals surface area contributed by atoms with E-state index in [-0.39, 0.29) is 11.7 Å². The van der Waals surface area contributed by atoms with E-state index in [1.807, 2.05) is 19.1 Å². The highest BCUT2D eigenvalue weighted by Gasteiger charge is 2.22. The van der Waals surface area contributed by atoms with Gasteiger partial charge in [0.15, 0.2) is 0 Å². The number of aromatic nitrogens is 4. The monoisotopic (exact) mass is 337 g/mol. The number of piperidine rings is 1. The lowest BCUT2D eigenvalue weighted by molar-refractivity contribution is 0.163. The predicted molar refractivity (Wildman–Crippen MR) is 94.1 cm³/mol. The quantitative estimate of drug-likeness (QED) is 0.726. The molecule has 1 fully saturated rings. The van der Waals surface area contributed by atoms with Gasteiger partial charge >= 0.3 is 0 Å². The van der Waals surface area contributed by atoms with Crippen LogP contribution in [0.1, 0.15) is 18.4 Å². The molecule has 0 spiro atoms. The van der Waals surface area contributed by atoms with Crippen molar-refractivity contribution in [3.05, 3.63) is 58.9 Å². The average Bonchev–Trinajstić information content (AvgIpc) is 2.64. The zero-order chi connectivity index (χ0) is 17.2. The molecule has 128 valence electrons. The molecule has 0 saturated carbocycles. The second-order valence-electron chi connectivity index (χ2n) is 6.19. The maximum absolute atomic E-state index is 12.4. The summed E-state index contributed by atoms with van der Waals surface area (Å²) >= 11 is 0. The minimum Gasteiger partial charge on any atom is -0.473 e. The van der Waals surface area contributed by atoms with Crippen LogP contribution in [0.5, 0.6) is 5.88 Å². The van der Waals surface area contributed by atoms with E-state index in [0.29, 0.717) is 11.5 Å². The molecule has 0 aromatic carbocycles. The molecule has 0 radical (unpaired) electrons. The maximum Gasteiger partial charge on any atom is 0.259 e. The van der Waals surface area contributed by atoms with E-state index < -0.39 is 0 Å². The molecular formula is C18H19N5O2. The van der Waals surface area contributed by atoms with Crippen molar-refractivity contribution in [1.29, 1.82) is 0 Å². The number of aryl methyl sites for hydroxylation is 1. The Morgan fingerprint density at radius 2 is 2.08 bits per heavy atom. The first kappa shape index (κ1) is 15.6. The van der Waals surface area contributed by atoms with Gasteiger partial charge in [0.2, 0.25) is 5.88 Å². The van der Waals surface area contributed by atoms with Crippen LogP contribution in [0.3, 0.4) is 0 Å². The van der Waals surface area contributed by atoms with Gasteiger partial charge in [0.25, 0.3) is 5.56 Å². The zero-order valence-electron chi connectivity index (χ0n) is 14.0. The molecule has 1 aliphatic rings. The highest BCUT2D eigenvalue weighted by Crippen LogP contribution is 2.21. The third-order valence-electron chi connectivity index (χ3n) is 4.47. The molecule has 7 heteroatoms. The smallest absolute Gasteiger partial charge is 0.259 e. The zero-order valence-corrected chi connectivity index (χ0v) is 14.0. The Morgan fingerprint density at radius 1 is 1.24 bits per heavy atom. The number of hydrogen-bond acceptors (Lipinski definition) is 6. The second-order valence-corrected chi connectivity index (χ2v) is 6.19. The number of rotatable bonds is 3. The van der Waals surface area contributed by atoms with Gasteiger partial charge in [-0.15, -0.1) is 0 Å². The SMILES string of the molecule is Cc1cccn2c(=O)cc(N3CCC(Oc4cnccn4)CC3)nc12. The fraction of sp³-hybridized carbons (Fsp3) is 0.333. The molecule has 4 heterocycles. The van der Waals surface area contributed by atoms with E-state index in [2.05, 4.69) is 14.9 Å². The fourth-order valence-electron chi connectivity index (χ4n) is 3.13. The fourth-order valence-corrected chi connectivity index (χ4v) is 3.13. The van der Waals surface area contributed by atoms with E-state index in [4.69, 9.17) is 9.72 Å². The Kier molecular flexibility index (Phi) is 4.05. The molecule has 1 aliphatic heterocycles. The molecule has 7 nitrogen and oxygen atoms in total. The number of pyridine rings is 1. The standard InChI is InChI=1S/C18H19N5O2/c1-13-3-2-8-23-17(24)11-15(21-18(13)23)22-9-4-14(5-10-22)25-16-12-19-6-7-20-16/h2-3,6-8,11-12,14H,4-5,9-10H2,1H3. The lowest BCUT2D eigenvalue weighted by Crippen LogP contribution is -2.39. The van der Waals surface area contributed by atoms with Crippen molar-refractivity contribution in [2.24, 2.45) is 0 Å². The minimum atomic E-state index is -0.0540. The normalized spacial score (nSPS) is 15.5. The highest BCUT2D eigenvalue weighted by atomic mass is 16.5. The van der Waals surface area contributed by atoms with E-state index >= 15 is 0 Å². The summed E-state index contributed by atoms with van der Waals surface area (Å²) in [5.74, 6) is 1.29. The van der Waals surface area contributed by atoms with E-state index in [9.17, 15) is 4.79 Å². The minimum absolute atomic E-state index is 0.0540. The van der Waals surface area contributed by atoms with Crippen molar-refractivity contribution in [3.8, 4) is 5.88 Å². The third-order valence-corrected chi connectivity index (χ3v) is 4.47. The van der Waals surface area contributed by atoms with E-state index in [1.165, 1.54) is 0 Å². The molecule has 0 aliphatic carbocycles. The summed E-state index contributed by atoms with van der Waals surface area (Å²) in [4.78, 5) is 27.4. The molecule has 25 heavy (non-hydrogen) atoms. The lowest BCUT2D eigenvalue weighted by Gasteiger charge is -2.32. The summed E-state index contributed by atoms with van der Waals surface area (Å²) in [7, 11) is 0. The van der Waals surface area contributed by atoms with Crippen LogP contribution in [0.2, 0.25) is 0 Å². The summed E-state index contributed by atoms with van der Waals surface area (Å²) in [6, 6.07) is 5.43. The molecular weight excluding hydrogens is 318 g/mol. The maximum atomic E-state index is 12.4. The number of nitrogens with zero attached hydrogens (tertiary/aromatic N) is 5. The Labute approximate surface area is 144 Å². The van der Waals surface area contributed by atoms with Crippen molar-refractivity contribution in [2.75, 3.05) is 18.0 Å². The summed E-state index contributed by atoms with van der Waals surface area (Å²) in [5, 5.41) is 0. The molecule has 0 unspecified atom stereocenters. The van der Waals surface area contributed by atoms with E-state index in [1.54, 1.807) is 35.3 Å². The van der Waals surface area contributed by atoms with Crippen LogP contribution in [0.4, 0.5) is 5.82 Å². The first-order chi connectivity index (χ1) is 12.2. The van der Waals surface area contributed by atoms with Gasteiger partial charge < -0.3 is 9.64 Å². The average molecular weight is 337 g/mol. The Balaban J connectivity index is 1.50. The van der Waals surface area contributed by atoms with Gasteiger partial charge in [-0.3, -0.25) is 14.2 Å². The topological polar surface area (TPSA) is 72.6 Å². The second kappa shape index (κ2) is 6.51. The van der Waals surface area contributed by atoms with Gasteiger partial charge in [0.05, 0.1) is 6.20 Å². The molecule has 1 saturated heterocycles. The summed E-state index contributed by atoms with van der Waals surface area (Å²) in [6.45, 7) is 3.55. The Hall–Kier alpha value is -2.96. The highest BCUT2D eigenvalue weighted by molar-refractivity contribution is 5.53. The van der Waals surface area contributed by atoms with Crippen LogP contribution in [0, 0.1) is 6.92 Å². The van der Waals surface area contributed by atoms with Gasteiger partial charge in [-0.05, 0) is 18.6 Å². The molecule has 3 aromatic rings. The predicted octanol–water partition coefficient (Wildman–Crippen LogP) is 1.84. The summed E-state index contributed by atoms with van der Waals surface area (Å²) < 4.78 is 7.45. The largest absolute Gasteiger partial charge is 0.473 e.